The zero-order valence-corrected chi connectivity index (χ0v) is 20.3. The second-order valence-corrected chi connectivity index (χ2v) is 8.39. The van der Waals surface area contributed by atoms with Gasteiger partial charge in [-0.25, -0.2) is 14.4 Å². The van der Waals surface area contributed by atoms with Crippen LogP contribution in [0.3, 0.4) is 0 Å². The topological polar surface area (TPSA) is 63.0 Å². The lowest BCUT2D eigenvalue weighted by atomic mass is 10.1. The summed E-state index contributed by atoms with van der Waals surface area (Å²) in [5.41, 5.74) is 3.20. The molecule has 0 spiro atoms. The highest BCUT2D eigenvalue weighted by Gasteiger charge is 2.35. The van der Waals surface area contributed by atoms with E-state index in [1.54, 1.807) is 36.5 Å². The Kier molecular flexibility index (Phi) is 7.60. The summed E-state index contributed by atoms with van der Waals surface area (Å²) in [5.74, 6) is 1.31. The van der Waals surface area contributed by atoms with E-state index in [1.807, 2.05) is 42.0 Å². The molecule has 1 amide bonds. The number of imidazole rings is 1. The molecule has 182 valence electrons. The van der Waals surface area contributed by atoms with Gasteiger partial charge in [0.2, 0.25) is 5.96 Å². The second kappa shape index (κ2) is 11.0. The minimum atomic E-state index is -0.178. The molecular weight excluding hydrogens is 445 g/mol. The van der Waals surface area contributed by atoms with Gasteiger partial charge < -0.3 is 14.2 Å². The Morgan fingerprint density at radius 1 is 1.14 bits per heavy atom. The van der Waals surface area contributed by atoms with Gasteiger partial charge in [0.05, 0.1) is 24.8 Å². The third-order valence-electron chi connectivity index (χ3n) is 5.74. The van der Waals surface area contributed by atoms with E-state index in [0.717, 1.165) is 61.1 Å². The van der Waals surface area contributed by atoms with Crippen LogP contribution in [0.4, 0.5) is 4.39 Å². The van der Waals surface area contributed by atoms with Crippen LogP contribution in [-0.4, -0.2) is 58.0 Å². The highest BCUT2D eigenvalue weighted by atomic mass is 19.1. The number of hydrogen-bond acceptors (Lipinski definition) is 5. The fourth-order valence-corrected chi connectivity index (χ4v) is 4.11. The molecule has 1 fully saturated rings. The second-order valence-electron chi connectivity index (χ2n) is 8.39. The largest absolute Gasteiger partial charge is 0.495 e. The molecule has 2 aliphatic rings. The van der Waals surface area contributed by atoms with Crippen LogP contribution >= 0.6 is 0 Å². The van der Waals surface area contributed by atoms with Crippen molar-refractivity contribution in [2.45, 2.75) is 26.7 Å². The molecule has 0 N–H and O–H groups in total. The Morgan fingerprint density at radius 2 is 1.94 bits per heavy atom. The number of aromatic nitrogens is 2. The van der Waals surface area contributed by atoms with Crippen LogP contribution in [0.1, 0.15) is 31.0 Å². The van der Waals surface area contributed by atoms with E-state index in [9.17, 15) is 9.18 Å². The maximum absolute atomic E-state index is 12.8. The molecule has 1 aromatic heterocycles. The number of carbonyl (C=O) groups excluding carboxylic acids is 1. The monoisotopic (exact) mass is 475 g/mol. The maximum Gasteiger partial charge on any atom is 0.279 e. The number of hydrogen-bond donors (Lipinski definition) is 0. The van der Waals surface area contributed by atoms with Crippen LogP contribution in [0.15, 0.2) is 71.7 Å². The number of aliphatic imine (C=N–C) groups is 1. The first-order valence-corrected chi connectivity index (χ1v) is 11.8. The summed E-state index contributed by atoms with van der Waals surface area (Å²) in [6.07, 6.45) is 7.56. The van der Waals surface area contributed by atoms with Crippen LogP contribution < -0.4 is 4.74 Å². The molecule has 1 saturated heterocycles. The number of rotatable bonds is 5. The number of methoxy groups -OCH3 is 1. The van der Waals surface area contributed by atoms with Gasteiger partial charge in [-0.3, -0.25) is 9.69 Å². The molecule has 2 aromatic carbocycles. The van der Waals surface area contributed by atoms with Crippen molar-refractivity contribution in [2.24, 2.45) is 4.99 Å². The van der Waals surface area contributed by atoms with Gasteiger partial charge in [0, 0.05) is 25.8 Å². The number of fused-ring (bicyclic) bond motifs is 1. The average Bonchev–Trinajstić information content (AvgIpc) is 3.44. The van der Waals surface area contributed by atoms with Crippen molar-refractivity contribution in [3.8, 4) is 11.4 Å². The fraction of sp³-hybridized carbons (Fsp3) is 0.296. The quantitative estimate of drug-likeness (QED) is 0.503. The molecule has 0 saturated carbocycles. The molecule has 8 heteroatoms. The van der Waals surface area contributed by atoms with Crippen molar-refractivity contribution in [1.29, 1.82) is 0 Å². The Morgan fingerprint density at radius 3 is 2.57 bits per heavy atom. The predicted octanol–water partition coefficient (Wildman–Crippen LogP) is 4.67. The molecule has 0 atom stereocenters. The van der Waals surface area contributed by atoms with Crippen LogP contribution in [0.25, 0.3) is 11.8 Å². The van der Waals surface area contributed by atoms with Crippen LogP contribution in [0, 0.1) is 12.7 Å². The zero-order chi connectivity index (χ0) is 24.8. The molecule has 3 heterocycles. The highest BCUT2D eigenvalue weighted by molar-refractivity contribution is 6.13. The Labute approximate surface area is 205 Å². The highest BCUT2D eigenvalue weighted by Crippen LogP contribution is 2.28. The number of guanidine groups is 1. The molecule has 35 heavy (non-hydrogen) atoms. The number of carbonyl (C=O) groups is 1. The summed E-state index contributed by atoms with van der Waals surface area (Å²) in [4.78, 5) is 25.7. The van der Waals surface area contributed by atoms with E-state index in [1.165, 1.54) is 12.1 Å². The number of nitrogens with zero attached hydrogens (tertiary/aromatic N) is 5. The smallest absolute Gasteiger partial charge is 0.279 e. The van der Waals surface area contributed by atoms with E-state index < -0.39 is 0 Å². The van der Waals surface area contributed by atoms with Crippen LogP contribution in [0.5, 0.6) is 5.75 Å². The van der Waals surface area contributed by atoms with E-state index in [-0.39, 0.29) is 11.7 Å². The summed E-state index contributed by atoms with van der Waals surface area (Å²) < 4.78 is 19.4. The van der Waals surface area contributed by atoms with E-state index >= 15 is 0 Å². The molecule has 0 bridgehead atoms. The van der Waals surface area contributed by atoms with Crippen molar-refractivity contribution < 1.29 is 13.9 Å². The molecule has 5 rings (SSSR count). The van der Waals surface area contributed by atoms with Gasteiger partial charge in [-0.1, -0.05) is 31.2 Å². The average molecular weight is 476 g/mol. The lowest BCUT2D eigenvalue weighted by molar-refractivity contribution is -0.123. The molecule has 0 unspecified atom stereocenters. The van der Waals surface area contributed by atoms with Crippen molar-refractivity contribution >= 4 is 17.9 Å². The zero-order valence-electron chi connectivity index (χ0n) is 20.3. The fourth-order valence-electron chi connectivity index (χ4n) is 4.11. The minimum Gasteiger partial charge on any atom is -0.495 e. The number of halogens is 1. The summed E-state index contributed by atoms with van der Waals surface area (Å²) in [6.45, 7) is 6.70. The molecule has 7 nitrogen and oxygen atoms in total. The predicted molar refractivity (Wildman–Crippen MR) is 135 cm³/mol. The van der Waals surface area contributed by atoms with Gasteiger partial charge in [0.1, 0.15) is 17.3 Å². The number of benzene rings is 2. The maximum atomic E-state index is 12.8. The number of ether oxygens (including phenoxy) is 1. The number of aryl methyl sites for hydroxylation is 1. The van der Waals surface area contributed by atoms with Gasteiger partial charge in [-0.2, -0.15) is 0 Å². The Balaban J connectivity index is 0.000000356. The summed E-state index contributed by atoms with van der Waals surface area (Å²) in [5, 5.41) is 0. The molecule has 0 radical (unpaired) electrons. The van der Waals surface area contributed by atoms with Crippen molar-refractivity contribution in [1.82, 2.24) is 19.4 Å². The summed E-state index contributed by atoms with van der Waals surface area (Å²) in [6, 6.07) is 13.8. The molecule has 2 aliphatic heterocycles. The lowest BCUT2D eigenvalue weighted by Gasteiger charge is -2.34. The third-order valence-corrected chi connectivity index (χ3v) is 5.74. The van der Waals surface area contributed by atoms with Crippen molar-refractivity contribution in [3.63, 3.8) is 0 Å². The lowest BCUT2D eigenvalue weighted by Crippen LogP contribution is -2.49. The standard InChI is InChI=1S/C21H25N5O2.C6H5F/c1-4-8-24-9-5-10-26-20(27)17(23-21(24)26)11-16-6-7-18(19(12-16)28-3)25-13-15(2)22-14-25;7-6-4-2-1-3-5-6/h6-7,11-14H,4-5,8-10H2,1-3H3;1-5H/b17-11-;. The first kappa shape index (κ1) is 24.2. The SMILES string of the molecule is CCCN1CCCN2C(=O)/C(=C/c3ccc(-n4cnc(C)c4)c(OC)c3)N=C12.Fc1ccccc1. The van der Waals surface area contributed by atoms with Gasteiger partial charge >= 0.3 is 0 Å². The van der Waals surface area contributed by atoms with Crippen LogP contribution in [-0.2, 0) is 4.79 Å². The van der Waals surface area contributed by atoms with E-state index in [4.69, 9.17) is 4.74 Å². The normalized spacial score (nSPS) is 16.1. The Hall–Kier alpha value is -3.94. The van der Waals surface area contributed by atoms with Crippen molar-refractivity contribution in [2.75, 3.05) is 26.7 Å². The van der Waals surface area contributed by atoms with Gasteiger partial charge in [0.15, 0.2) is 0 Å². The molecule has 3 aromatic rings. The third kappa shape index (κ3) is 5.59. The number of amides is 1. The molecule has 0 aliphatic carbocycles. The first-order valence-electron chi connectivity index (χ1n) is 11.8. The minimum absolute atomic E-state index is 0.0240. The summed E-state index contributed by atoms with van der Waals surface area (Å²) in [7, 11) is 1.64. The van der Waals surface area contributed by atoms with Crippen LogP contribution in [0.2, 0.25) is 0 Å². The Bertz CT molecular complexity index is 1230. The summed E-state index contributed by atoms with van der Waals surface area (Å²) >= 11 is 0. The van der Waals surface area contributed by atoms with Gasteiger partial charge in [-0.15, -0.1) is 0 Å². The van der Waals surface area contributed by atoms with E-state index in [2.05, 4.69) is 21.8 Å². The van der Waals surface area contributed by atoms with Crippen molar-refractivity contribution in [3.05, 3.63) is 83.8 Å². The van der Waals surface area contributed by atoms with Gasteiger partial charge in [0.25, 0.3) is 5.91 Å². The first-order chi connectivity index (χ1) is 17.0. The van der Waals surface area contributed by atoms with E-state index in [0.29, 0.717) is 5.70 Å². The molecular formula is C27H30FN5O2. The van der Waals surface area contributed by atoms with Gasteiger partial charge in [-0.05, 0) is 55.7 Å².